The van der Waals surface area contributed by atoms with Crippen molar-refractivity contribution in [1.29, 1.82) is 0 Å². The maximum Gasteiger partial charge on any atom is 0.155 e. The lowest BCUT2D eigenvalue weighted by Crippen LogP contribution is -2.18. The number of aromatic nitrogens is 6. The largest absolute Gasteiger partial charge is 0.339 e. The fraction of sp³-hybridized carbons (Fsp3) is 0.161. The first-order chi connectivity index (χ1) is 18.5. The Balaban J connectivity index is 1.34. The highest BCUT2D eigenvalue weighted by atomic mass is 15.3. The van der Waals surface area contributed by atoms with Crippen LogP contribution >= 0.6 is 0 Å². The van der Waals surface area contributed by atoms with Gasteiger partial charge in [-0.25, -0.2) is 14.5 Å². The first-order valence-electron chi connectivity index (χ1n) is 12.7. The van der Waals surface area contributed by atoms with Gasteiger partial charge in [0.1, 0.15) is 12.2 Å². The summed E-state index contributed by atoms with van der Waals surface area (Å²) in [6.07, 6.45) is 3.52. The zero-order valence-corrected chi connectivity index (χ0v) is 21.8. The zero-order chi connectivity index (χ0) is 26.1. The summed E-state index contributed by atoms with van der Waals surface area (Å²) in [5.41, 5.74) is 10.4. The number of aryl methyl sites for hydroxylation is 2. The number of rotatable bonds is 7. The normalized spacial score (nSPS) is 11.5. The van der Waals surface area contributed by atoms with Gasteiger partial charge in [0.2, 0.25) is 0 Å². The van der Waals surface area contributed by atoms with E-state index >= 15 is 0 Å². The fourth-order valence-electron chi connectivity index (χ4n) is 5.01. The average Bonchev–Trinajstić information content (AvgIpc) is 3.56. The maximum atomic E-state index is 5.06. The average molecular weight is 500 g/mol. The first-order valence-corrected chi connectivity index (χ1v) is 12.7. The zero-order valence-electron chi connectivity index (χ0n) is 21.8. The summed E-state index contributed by atoms with van der Waals surface area (Å²) in [4.78, 5) is 20.0. The molecule has 4 aromatic heterocycles. The van der Waals surface area contributed by atoms with E-state index in [0.717, 1.165) is 46.4 Å². The van der Waals surface area contributed by atoms with Crippen molar-refractivity contribution in [3.8, 4) is 33.8 Å². The minimum atomic E-state index is 0.659. The first kappa shape index (κ1) is 23.8. The van der Waals surface area contributed by atoms with Crippen LogP contribution in [-0.4, -0.2) is 41.5 Å². The molecule has 6 rings (SSSR count). The number of imidazole rings is 1. The van der Waals surface area contributed by atoms with Gasteiger partial charge < -0.3 is 4.98 Å². The Kier molecular flexibility index (Phi) is 6.27. The molecule has 0 aliphatic rings. The molecule has 1 N–H and O–H groups in total. The molecule has 0 aliphatic heterocycles. The van der Waals surface area contributed by atoms with Gasteiger partial charge in [0.15, 0.2) is 5.65 Å². The lowest BCUT2D eigenvalue weighted by molar-refractivity contribution is 0.312. The second-order valence-corrected chi connectivity index (χ2v) is 9.70. The maximum absolute atomic E-state index is 5.06. The van der Waals surface area contributed by atoms with Crippen LogP contribution in [0.15, 0.2) is 91.4 Å². The quantitative estimate of drug-likeness (QED) is 0.287. The predicted molar refractivity (Wildman–Crippen MR) is 150 cm³/mol. The van der Waals surface area contributed by atoms with Crippen LogP contribution in [0.25, 0.3) is 39.4 Å². The van der Waals surface area contributed by atoms with E-state index in [4.69, 9.17) is 9.97 Å². The predicted octanol–water partition coefficient (Wildman–Crippen LogP) is 6.10. The van der Waals surface area contributed by atoms with Gasteiger partial charge in [-0.05, 0) is 67.4 Å². The van der Waals surface area contributed by atoms with Crippen LogP contribution in [0, 0.1) is 13.8 Å². The second-order valence-electron chi connectivity index (χ2n) is 9.70. The van der Waals surface area contributed by atoms with E-state index < -0.39 is 0 Å². The highest BCUT2D eigenvalue weighted by Crippen LogP contribution is 2.31. The Labute approximate surface area is 221 Å². The molecule has 0 fully saturated rings. The van der Waals surface area contributed by atoms with Crippen LogP contribution in [0.1, 0.15) is 22.6 Å². The van der Waals surface area contributed by atoms with Crippen molar-refractivity contribution < 1.29 is 0 Å². The molecule has 2 aromatic carbocycles. The standard InChI is InChI=1S/C31H29N7/c1-21-9-7-13-24(29(21)23-11-5-4-6-12-23)17-37(3)19-27-35-30(25-15-16-28-32-20-33-38(28)18-25)31(36-27)26-14-8-10-22(2)34-26/h4-16,18,20H,17,19H2,1-3H3,(H,35,36). The number of H-pyrrole nitrogens is 1. The van der Waals surface area contributed by atoms with Gasteiger partial charge in [0.05, 0.1) is 23.6 Å². The number of fused-ring (bicyclic) bond motifs is 1. The Morgan fingerprint density at radius 3 is 2.50 bits per heavy atom. The number of hydrogen-bond acceptors (Lipinski definition) is 5. The number of aromatic amines is 1. The molecule has 188 valence electrons. The Bertz CT molecular complexity index is 1720. The Morgan fingerprint density at radius 1 is 0.816 bits per heavy atom. The van der Waals surface area contributed by atoms with Gasteiger partial charge >= 0.3 is 0 Å². The lowest BCUT2D eigenvalue weighted by atomic mass is 9.95. The van der Waals surface area contributed by atoms with E-state index in [-0.39, 0.29) is 0 Å². The Morgan fingerprint density at radius 2 is 1.66 bits per heavy atom. The molecule has 7 heteroatoms. The van der Waals surface area contributed by atoms with Crippen LogP contribution in [0.3, 0.4) is 0 Å². The summed E-state index contributed by atoms with van der Waals surface area (Å²) in [6.45, 7) is 5.64. The highest BCUT2D eigenvalue weighted by Gasteiger charge is 2.18. The number of benzene rings is 2. The molecular formula is C31H29N7. The molecule has 0 amide bonds. The molecule has 38 heavy (non-hydrogen) atoms. The number of hydrogen-bond donors (Lipinski definition) is 1. The summed E-state index contributed by atoms with van der Waals surface area (Å²) in [5.74, 6) is 0.883. The van der Waals surface area contributed by atoms with Crippen LogP contribution in [0.2, 0.25) is 0 Å². The van der Waals surface area contributed by atoms with E-state index in [1.165, 1.54) is 22.3 Å². The van der Waals surface area contributed by atoms with E-state index in [1.807, 2.05) is 43.5 Å². The number of pyridine rings is 2. The third-order valence-electron chi connectivity index (χ3n) is 6.73. The molecule has 7 nitrogen and oxygen atoms in total. The van der Waals surface area contributed by atoms with E-state index in [2.05, 4.69) is 82.5 Å². The summed E-state index contributed by atoms with van der Waals surface area (Å²) in [5, 5.41) is 4.31. The smallest absolute Gasteiger partial charge is 0.155 e. The third-order valence-corrected chi connectivity index (χ3v) is 6.73. The minimum absolute atomic E-state index is 0.659. The molecule has 0 radical (unpaired) electrons. The molecule has 0 saturated carbocycles. The molecular weight excluding hydrogens is 470 g/mol. The lowest BCUT2D eigenvalue weighted by Gasteiger charge is -2.19. The summed E-state index contributed by atoms with van der Waals surface area (Å²) < 4.78 is 1.77. The molecule has 0 saturated heterocycles. The highest BCUT2D eigenvalue weighted by molar-refractivity contribution is 5.77. The summed E-state index contributed by atoms with van der Waals surface area (Å²) in [6, 6.07) is 27.2. The van der Waals surface area contributed by atoms with Crippen molar-refractivity contribution >= 4 is 5.65 Å². The van der Waals surface area contributed by atoms with Crippen molar-refractivity contribution in [1.82, 2.24) is 34.4 Å². The fourth-order valence-corrected chi connectivity index (χ4v) is 5.01. The topological polar surface area (TPSA) is 75.0 Å². The van der Waals surface area contributed by atoms with Gasteiger partial charge in [-0.1, -0.05) is 54.6 Å². The van der Waals surface area contributed by atoms with E-state index in [1.54, 1.807) is 10.8 Å². The van der Waals surface area contributed by atoms with Crippen LogP contribution in [0.4, 0.5) is 0 Å². The van der Waals surface area contributed by atoms with Crippen LogP contribution < -0.4 is 0 Å². The van der Waals surface area contributed by atoms with Gasteiger partial charge in [-0.2, -0.15) is 5.10 Å². The van der Waals surface area contributed by atoms with Gasteiger partial charge in [-0.15, -0.1) is 0 Å². The third kappa shape index (κ3) is 4.71. The summed E-state index contributed by atoms with van der Waals surface area (Å²) in [7, 11) is 2.13. The molecule has 6 aromatic rings. The number of nitrogens with one attached hydrogen (secondary N) is 1. The van der Waals surface area contributed by atoms with Crippen molar-refractivity contribution in [2.45, 2.75) is 26.9 Å². The Hall–Kier alpha value is -4.62. The molecule has 0 aliphatic carbocycles. The van der Waals surface area contributed by atoms with Crippen molar-refractivity contribution in [2.75, 3.05) is 7.05 Å². The van der Waals surface area contributed by atoms with Crippen LogP contribution in [-0.2, 0) is 13.1 Å². The SMILES string of the molecule is Cc1cccc(-c2[nH]c(CN(C)Cc3cccc(C)c3-c3ccccc3)nc2-c2ccc3ncnn3c2)n1. The molecule has 0 unspecified atom stereocenters. The van der Waals surface area contributed by atoms with Crippen molar-refractivity contribution in [2.24, 2.45) is 0 Å². The second kappa shape index (κ2) is 10.0. The minimum Gasteiger partial charge on any atom is -0.339 e. The monoisotopic (exact) mass is 499 g/mol. The molecule has 4 heterocycles. The van der Waals surface area contributed by atoms with Gasteiger partial charge in [0, 0.05) is 24.0 Å². The van der Waals surface area contributed by atoms with Crippen molar-refractivity contribution in [3.63, 3.8) is 0 Å². The molecule has 0 spiro atoms. The van der Waals surface area contributed by atoms with Gasteiger partial charge in [0.25, 0.3) is 0 Å². The van der Waals surface area contributed by atoms with Gasteiger partial charge in [-0.3, -0.25) is 9.88 Å². The van der Waals surface area contributed by atoms with Crippen LogP contribution in [0.5, 0.6) is 0 Å². The molecule has 0 bridgehead atoms. The van der Waals surface area contributed by atoms with E-state index in [0.29, 0.717) is 6.54 Å². The molecule has 0 atom stereocenters. The van der Waals surface area contributed by atoms with E-state index in [9.17, 15) is 0 Å². The number of nitrogens with zero attached hydrogens (tertiary/aromatic N) is 6. The van der Waals surface area contributed by atoms with Crippen molar-refractivity contribution in [3.05, 3.63) is 114 Å². The summed E-state index contributed by atoms with van der Waals surface area (Å²) >= 11 is 0.